The van der Waals surface area contributed by atoms with Gasteiger partial charge in [-0.05, 0) is 27.2 Å². The third kappa shape index (κ3) is 21.8. The average molecular weight is 524 g/mol. The van der Waals surface area contributed by atoms with Gasteiger partial charge < -0.3 is 20.1 Å². The van der Waals surface area contributed by atoms with E-state index < -0.39 is 25.6 Å². The highest BCUT2D eigenvalue weighted by Crippen LogP contribution is 2.47. The van der Waals surface area contributed by atoms with Gasteiger partial charge in [0.15, 0.2) is 0 Å². The maximum absolute atomic E-state index is 12.2. The molecule has 0 aromatic rings. The van der Waals surface area contributed by atoms with Crippen LogP contribution in [0.25, 0.3) is 0 Å². The number of unbranched alkanes of at least 4 members (excludes halogenated alkanes) is 15. The minimum Gasteiger partial charge on any atom is -0.379 e. The van der Waals surface area contributed by atoms with Gasteiger partial charge in [0.05, 0.1) is 18.8 Å². The van der Waals surface area contributed by atoms with Gasteiger partial charge in [0.2, 0.25) is 0 Å². The van der Waals surface area contributed by atoms with Crippen molar-refractivity contribution in [1.29, 1.82) is 0 Å². The molecule has 212 valence electrons. The molecular weight excluding hydrogens is 465 g/mol. The van der Waals surface area contributed by atoms with Crippen molar-refractivity contribution >= 4 is 7.82 Å². The van der Waals surface area contributed by atoms with Crippen LogP contribution in [0.4, 0.5) is 0 Å². The Morgan fingerprint density at radius 2 is 1.23 bits per heavy atom. The molecule has 0 saturated carbocycles. The molecule has 0 rings (SSSR count). The van der Waals surface area contributed by atoms with E-state index in [9.17, 15) is 9.46 Å². The molecule has 0 aliphatic carbocycles. The minimum absolute atomic E-state index is 0.0851. The van der Waals surface area contributed by atoms with Gasteiger partial charge >= 0.3 is 7.82 Å². The van der Waals surface area contributed by atoms with Gasteiger partial charge in [0, 0.05) is 19.8 Å². The Balaban J connectivity index is 3.57. The number of nitrogens with two attached hydrogens (primary N) is 1. The first-order valence-electron chi connectivity index (χ1n) is 14.2. The molecule has 0 amide bonds. The van der Waals surface area contributed by atoms with E-state index >= 15 is 0 Å². The highest BCUT2D eigenvalue weighted by Gasteiger charge is 2.35. The Hall–Kier alpha value is -0.0100. The third-order valence-corrected chi connectivity index (χ3v) is 7.83. The van der Waals surface area contributed by atoms with Gasteiger partial charge in [0.1, 0.15) is 6.10 Å². The van der Waals surface area contributed by atoms with Crippen LogP contribution >= 0.6 is 7.82 Å². The van der Waals surface area contributed by atoms with Crippen LogP contribution in [-0.4, -0.2) is 49.6 Å². The third-order valence-electron chi connectivity index (χ3n) is 6.65. The SMILES string of the molecule is CCCCCCCCCCCCCCCCCCOCC(COP(=O)(O)OC(C)(C)C(C)N)OC. The van der Waals surface area contributed by atoms with Gasteiger partial charge in [-0.25, -0.2) is 4.57 Å². The van der Waals surface area contributed by atoms with E-state index in [0.29, 0.717) is 13.2 Å². The molecule has 35 heavy (non-hydrogen) atoms. The van der Waals surface area contributed by atoms with Crippen molar-refractivity contribution < 1.29 is 28.0 Å². The monoisotopic (exact) mass is 523 g/mol. The van der Waals surface area contributed by atoms with E-state index in [-0.39, 0.29) is 6.61 Å². The van der Waals surface area contributed by atoms with E-state index in [1.54, 1.807) is 20.8 Å². The standard InChI is InChI=1S/C27H58NO6P/c1-6-7-8-9-10-11-12-13-14-15-16-17-18-19-20-21-22-32-23-26(31-5)24-33-35(29,30)34-27(3,4)25(2)28/h25-26H,6-24,28H2,1-5H3,(H,29,30). The topological polar surface area (TPSA) is 100 Å². The number of phosphoric acid groups is 1. The van der Waals surface area contributed by atoms with Crippen molar-refractivity contribution in [3.8, 4) is 0 Å². The lowest BCUT2D eigenvalue weighted by atomic mass is 10.0. The Morgan fingerprint density at radius 1 is 0.800 bits per heavy atom. The van der Waals surface area contributed by atoms with Gasteiger partial charge in [-0.2, -0.15) is 0 Å². The normalized spacial score (nSPS) is 15.7. The zero-order valence-electron chi connectivity index (χ0n) is 23.6. The van der Waals surface area contributed by atoms with Crippen molar-refractivity contribution in [2.75, 3.05) is 26.9 Å². The van der Waals surface area contributed by atoms with E-state index in [1.165, 1.54) is 97.0 Å². The summed E-state index contributed by atoms with van der Waals surface area (Å²) in [7, 11) is -2.70. The summed E-state index contributed by atoms with van der Waals surface area (Å²) in [5.74, 6) is 0. The first-order chi connectivity index (χ1) is 16.6. The second-order valence-corrected chi connectivity index (χ2v) is 11.9. The molecule has 0 aromatic heterocycles. The van der Waals surface area contributed by atoms with Gasteiger partial charge in [-0.1, -0.05) is 103 Å². The molecule has 0 bridgehead atoms. The maximum atomic E-state index is 12.2. The summed E-state index contributed by atoms with van der Waals surface area (Å²) < 4.78 is 33.4. The van der Waals surface area contributed by atoms with Crippen molar-refractivity contribution in [2.45, 2.75) is 148 Å². The first kappa shape index (κ1) is 35.0. The van der Waals surface area contributed by atoms with Crippen molar-refractivity contribution in [3.63, 3.8) is 0 Å². The molecule has 3 unspecified atom stereocenters. The van der Waals surface area contributed by atoms with E-state index in [2.05, 4.69) is 6.92 Å². The highest BCUT2D eigenvalue weighted by atomic mass is 31.2. The van der Waals surface area contributed by atoms with Crippen molar-refractivity contribution in [2.24, 2.45) is 5.73 Å². The summed E-state index contributed by atoms with van der Waals surface area (Å²) in [6, 6.07) is -0.423. The van der Waals surface area contributed by atoms with Crippen LogP contribution in [0.2, 0.25) is 0 Å². The zero-order valence-corrected chi connectivity index (χ0v) is 24.5. The van der Waals surface area contributed by atoms with Crippen LogP contribution in [0.1, 0.15) is 130 Å². The molecule has 0 aromatic carbocycles. The summed E-state index contributed by atoms with van der Waals surface area (Å²) in [4.78, 5) is 9.93. The summed E-state index contributed by atoms with van der Waals surface area (Å²) in [5.41, 5.74) is 4.81. The Bertz CT molecular complexity index is 518. The summed E-state index contributed by atoms with van der Waals surface area (Å²) in [6.07, 6.45) is 21.0. The smallest absolute Gasteiger partial charge is 0.379 e. The van der Waals surface area contributed by atoms with Crippen LogP contribution in [0.15, 0.2) is 0 Å². The van der Waals surface area contributed by atoms with Crippen LogP contribution in [0.5, 0.6) is 0 Å². The molecule has 7 nitrogen and oxygen atoms in total. The predicted octanol–water partition coefficient (Wildman–Crippen LogP) is 7.54. The van der Waals surface area contributed by atoms with E-state index in [4.69, 9.17) is 24.3 Å². The summed E-state index contributed by atoms with van der Waals surface area (Å²) in [5, 5.41) is 0. The second kappa shape index (κ2) is 22.0. The molecule has 3 N–H and O–H groups in total. The van der Waals surface area contributed by atoms with Crippen LogP contribution < -0.4 is 5.73 Å². The molecule has 8 heteroatoms. The summed E-state index contributed by atoms with van der Waals surface area (Å²) >= 11 is 0. The average Bonchev–Trinajstić information content (AvgIpc) is 2.79. The number of hydrogen-bond acceptors (Lipinski definition) is 6. The highest BCUT2D eigenvalue weighted by molar-refractivity contribution is 7.47. The second-order valence-electron chi connectivity index (χ2n) is 10.5. The number of rotatable bonds is 26. The molecule has 0 spiro atoms. The summed E-state index contributed by atoms with van der Waals surface area (Å²) in [6.45, 7) is 8.17. The van der Waals surface area contributed by atoms with Gasteiger partial charge in [-0.3, -0.25) is 9.05 Å². The maximum Gasteiger partial charge on any atom is 0.472 e. The van der Waals surface area contributed by atoms with E-state index in [0.717, 1.165) is 12.8 Å². The lowest BCUT2D eigenvalue weighted by Gasteiger charge is -2.30. The van der Waals surface area contributed by atoms with Gasteiger partial charge in [0.25, 0.3) is 0 Å². The lowest BCUT2D eigenvalue weighted by Crippen LogP contribution is -2.42. The largest absolute Gasteiger partial charge is 0.472 e. The molecular formula is C27H58NO6P. The van der Waals surface area contributed by atoms with Crippen LogP contribution in [-0.2, 0) is 23.1 Å². The van der Waals surface area contributed by atoms with Crippen LogP contribution in [0, 0.1) is 0 Å². The number of phosphoric ester groups is 1. The number of methoxy groups -OCH3 is 1. The lowest BCUT2D eigenvalue weighted by molar-refractivity contribution is -0.0309. The Labute approximate surface area is 216 Å². The Kier molecular flexibility index (Phi) is 22.0. The van der Waals surface area contributed by atoms with Crippen LogP contribution in [0.3, 0.4) is 0 Å². The van der Waals surface area contributed by atoms with Gasteiger partial charge in [-0.15, -0.1) is 0 Å². The molecule has 3 atom stereocenters. The first-order valence-corrected chi connectivity index (χ1v) is 15.7. The van der Waals surface area contributed by atoms with E-state index in [1.807, 2.05) is 0 Å². The quantitative estimate of drug-likeness (QED) is 0.0892. The Morgan fingerprint density at radius 3 is 1.63 bits per heavy atom. The molecule has 0 aliphatic rings. The molecule has 0 saturated heterocycles. The predicted molar refractivity (Wildman–Crippen MR) is 146 cm³/mol. The fourth-order valence-corrected chi connectivity index (χ4v) is 4.90. The fourth-order valence-electron chi connectivity index (χ4n) is 3.74. The van der Waals surface area contributed by atoms with Crippen molar-refractivity contribution in [1.82, 2.24) is 0 Å². The molecule has 0 fully saturated rings. The van der Waals surface area contributed by atoms with Crippen molar-refractivity contribution in [3.05, 3.63) is 0 Å². The fraction of sp³-hybridized carbons (Fsp3) is 1.00. The molecule has 0 radical (unpaired) electrons. The zero-order chi connectivity index (χ0) is 26.4. The number of hydrogen-bond donors (Lipinski definition) is 2. The number of ether oxygens (including phenoxy) is 2. The molecule has 0 heterocycles. The minimum atomic E-state index is -4.23. The molecule has 0 aliphatic heterocycles.